The molecule has 8 heteroatoms. The molecule has 1 aromatic heterocycles. The third kappa shape index (κ3) is 5.18. The Hall–Kier alpha value is -3.16. The van der Waals surface area contributed by atoms with Gasteiger partial charge in [-0.15, -0.1) is 0 Å². The Bertz CT molecular complexity index is 970. The lowest BCUT2D eigenvalue weighted by atomic mass is 10.0. The minimum atomic E-state index is -0.619. The van der Waals surface area contributed by atoms with Crippen molar-refractivity contribution in [2.24, 2.45) is 5.92 Å². The van der Waals surface area contributed by atoms with E-state index in [0.717, 1.165) is 16.8 Å². The minimum Gasteiger partial charge on any atom is -0.361 e. The maximum Gasteiger partial charge on any atom is 0.252 e. The summed E-state index contributed by atoms with van der Waals surface area (Å²) in [5, 5.41) is 6.82. The Morgan fingerprint density at radius 2 is 1.66 bits per heavy atom. The largest absolute Gasteiger partial charge is 0.361 e. The Morgan fingerprint density at radius 1 is 1.03 bits per heavy atom. The maximum absolute atomic E-state index is 13.2. The molecule has 1 aliphatic rings. The Kier molecular flexibility index (Phi) is 7.33. The summed E-state index contributed by atoms with van der Waals surface area (Å²) < 4.78 is 5.14. The zero-order valence-electron chi connectivity index (χ0n) is 19.5. The van der Waals surface area contributed by atoms with Crippen molar-refractivity contribution in [2.45, 2.75) is 47.1 Å². The highest BCUT2D eigenvalue weighted by molar-refractivity contribution is 5.98. The summed E-state index contributed by atoms with van der Waals surface area (Å²) in [6.45, 7) is 11.2. The van der Waals surface area contributed by atoms with Crippen molar-refractivity contribution in [1.29, 1.82) is 0 Å². The zero-order valence-corrected chi connectivity index (χ0v) is 19.5. The quantitative estimate of drug-likeness (QED) is 0.743. The zero-order chi connectivity index (χ0) is 23.4. The predicted octanol–water partition coefficient (Wildman–Crippen LogP) is 2.27. The van der Waals surface area contributed by atoms with Crippen LogP contribution in [0, 0.1) is 26.7 Å². The van der Waals surface area contributed by atoms with Crippen molar-refractivity contribution < 1.29 is 18.9 Å². The van der Waals surface area contributed by atoms with Gasteiger partial charge in [0.25, 0.3) is 5.91 Å². The molecule has 2 aromatic rings. The van der Waals surface area contributed by atoms with Crippen molar-refractivity contribution >= 4 is 17.7 Å². The molecule has 0 aliphatic carbocycles. The van der Waals surface area contributed by atoms with Gasteiger partial charge in [-0.3, -0.25) is 14.4 Å². The van der Waals surface area contributed by atoms with Crippen molar-refractivity contribution in [3.63, 3.8) is 0 Å². The first-order valence-electron chi connectivity index (χ1n) is 11.0. The predicted molar refractivity (Wildman–Crippen MR) is 120 cm³/mol. The van der Waals surface area contributed by atoms with Crippen LogP contribution in [0.5, 0.6) is 0 Å². The van der Waals surface area contributed by atoms with Gasteiger partial charge in [-0.1, -0.05) is 37.2 Å². The number of aromatic nitrogens is 1. The van der Waals surface area contributed by atoms with Crippen molar-refractivity contribution in [3.05, 3.63) is 52.4 Å². The van der Waals surface area contributed by atoms with Crippen molar-refractivity contribution in [3.8, 4) is 0 Å². The van der Waals surface area contributed by atoms with Gasteiger partial charge in [0, 0.05) is 37.3 Å². The third-order valence-corrected chi connectivity index (χ3v) is 6.06. The van der Waals surface area contributed by atoms with Gasteiger partial charge in [0.05, 0.1) is 12.1 Å². The second kappa shape index (κ2) is 9.97. The van der Waals surface area contributed by atoms with E-state index in [1.165, 1.54) is 0 Å². The number of hydrogen-bond donors (Lipinski definition) is 1. The molecular formula is C24H32N4O4. The lowest BCUT2D eigenvalue weighted by Gasteiger charge is -2.37. The molecule has 0 saturated carbocycles. The van der Waals surface area contributed by atoms with E-state index in [1.54, 1.807) is 22.8 Å². The molecule has 1 unspecified atom stereocenters. The van der Waals surface area contributed by atoms with Crippen LogP contribution < -0.4 is 5.32 Å². The Morgan fingerprint density at radius 3 is 2.22 bits per heavy atom. The van der Waals surface area contributed by atoms with Gasteiger partial charge >= 0.3 is 0 Å². The topological polar surface area (TPSA) is 95.8 Å². The van der Waals surface area contributed by atoms with Crippen LogP contribution in [0.15, 0.2) is 28.8 Å². The molecule has 8 nitrogen and oxygen atoms in total. The highest BCUT2D eigenvalue weighted by Crippen LogP contribution is 2.16. The first-order valence-corrected chi connectivity index (χ1v) is 11.0. The van der Waals surface area contributed by atoms with E-state index in [9.17, 15) is 14.4 Å². The van der Waals surface area contributed by atoms with Crippen LogP contribution in [0.3, 0.4) is 0 Å². The second-order valence-electron chi connectivity index (χ2n) is 8.70. The normalized spacial score (nSPS) is 15.1. The standard InChI is InChI=1S/C24H32N4O4/c1-15(2)22(25-23(30)19-9-7-6-8-16(19)3)24(31)28-12-10-27(11-13-28)21(29)14-20-17(4)26-32-18(20)5/h6-9,15,22H,10-14H2,1-5H3,(H,25,30). The molecule has 0 spiro atoms. The van der Waals surface area contributed by atoms with Crippen LogP contribution >= 0.6 is 0 Å². The molecule has 0 bridgehead atoms. The van der Waals surface area contributed by atoms with E-state index in [0.29, 0.717) is 37.5 Å². The summed E-state index contributed by atoms with van der Waals surface area (Å²) in [5.74, 6) is 0.242. The monoisotopic (exact) mass is 440 g/mol. The van der Waals surface area contributed by atoms with Crippen LogP contribution in [-0.2, 0) is 16.0 Å². The average molecular weight is 441 g/mol. The van der Waals surface area contributed by atoms with E-state index in [-0.39, 0.29) is 30.1 Å². The fourth-order valence-electron chi connectivity index (χ4n) is 3.95. The molecule has 3 amide bonds. The second-order valence-corrected chi connectivity index (χ2v) is 8.70. The molecule has 172 valence electrons. The molecule has 1 saturated heterocycles. The number of nitrogens with zero attached hydrogens (tertiary/aromatic N) is 3. The van der Waals surface area contributed by atoms with Crippen LogP contribution in [0.4, 0.5) is 0 Å². The van der Waals surface area contributed by atoms with E-state index in [4.69, 9.17) is 4.52 Å². The molecule has 1 N–H and O–H groups in total. The minimum absolute atomic E-state index is 0.000218. The number of carbonyl (C=O) groups excluding carboxylic acids is 3. The molecule has 32 heavy (non-hydrogen) atoms. The first kappa shape index (κ1) is 23.5. The van der Waals surface area contributed by atoms with Gasteiger partial charge in [-0.05, 0) is 38.3 Å². The van der Waals surface area contributed by atoms with Gasteiger partial charge in [-0.2, -0.15) is 0 Å². The Labute approximate surface area is 188 Å². The smallest absolute Gasteiger partial charge is 0.252 e. The van der Waals surface area contributed by atoms with E-state index < -0.39 is 6.04 Å². The van der Waals surface area contributed by atoms with Crippen LogP contribution in [-0.4, -0.2) is 64.9 Å². The van der Waals surface area contributed by atoms with Gasteiger partial charge < -0.3 is 19.6 Å². The number of hydrogen-bond acceptors (Lipinski definition) is 5. The highest BCUT2D eigenvalue weighted by atomic mass is 16.5. The summed E-state index contributed by atoms with van der Waals surface area (Å²) in [7, 11) is 0. The van der Waals surface area contributed by atoms with Crippen LogP contribution in [0.25, 0.3) is 0 Å². The lowest BCUT2D eigenvalue weighted by molar-refractivity contribution is -0.141. The van der Waals surface area contributed by atoms with Crippen LogP contribution in [0.2, 0.25) is 0 Å². The number of nitrogens with one attached hydrogen (secondary N) is 1. The molecule has 1 aromatic carbocycles. The Balaban J connectivity index is 1.59. The SMILES string of the molecule is Cc1ccccc1C(=O)NC(C(=O)N1CCN(C(=O)Cc2c(C)noc2C)CC1)C(C)C. The molecular weight excluding hydrogens is 408 g/mol. The average Bonchev–Trinajstić information content (AvgIpc) is 3.09. The third-order valence-electron chi connectivity index (χ3n) is 6.06. The number of rotatable bonds is 6. The fraction of sp³-hybridized carbons (Fsp3) is 0.500. The fourth-order valence-corrected chi connectivity index (χ4v) is 3.95. The number of aryl methyl sites for hydroxylation is 3. The number of benzene rings is 1. The van der Waals surface area contributed by atoms with E-state index in [1.807, 2.05) is 45.9 Å². The molecule has 0 radical (unpaired) electrons. The molecule has 3 rings (SSSR count). The van der Waals surface area contributed by atoms with E-state index in [2.05, 4.69) is 10.5 Å². The molecule has 1 atom stereocenters. The van der Waals surface area contributed by atoms with Crippen molar-refractivity contribution in [2.75, 3.05) is 26.2 Å². The van der Waals surface area contributed by atoms with Gasteiger partial charge in [-0.25, -0.2) is 0 Å². The highest BCUT2D eigenvalue weighted by Gasteiger charge is 2.32. The molecule has 1 aliphatic heterocycles. The summed E-state index contributed by atoms with van der Waals surface area (Å²) >= 11 is 0. The first-order chi connectivity index (χ1) is 15.2. The van der Waals surface area contributed by atoms with Gasteiger partial charge in [0.2, 0.25) is 11.8 Å². The van der Waals surface area contributed by atoms with Gasteiger partial charge in [0.1, 0.15) is 11.8 Å². The van der Waals surface area contributed by atoms with Crippen molar-refractivity contribution in [1.82, 2.24) is 20.3 Å². The summed E-state index contributed by atoms with van der Waals surface area (Å²) in [4.78, 5) is 42.2. The number of carbonyl (C=O) groups is 3. The maximum atomic E-state index is 13.2. The summed E-state index contributed by atoms with van der Waals surface area (Å²) in [6, 6.07) is 6.71. The van der Waals surface area contributed by atoms with Crippen LogP contribution in [0.1, 0.15) is 46.8 Å². The lowest BCUT2D eigenvalue weighted by Crippen LogP contribution is -2.57. The summed E-state index contributed by atoms with van der Waals surface area (Å²) in [5.41, 5.74) is 2.99. The summed E-state index contributed by atoms with van der Waals surface area (Å²) in [6.07, 6.45) is 0.246. The van der Waals surface area contributed by atoms with Gasteiger partial charge in [0.15, 0.2) is 0 Å². The molecule has 2 heterocycles. The van der Waals surface area contributed by atoms with E-state index >= 15 is 0 Å². The molecule has 1 fully saturated rings. The number of amides is 3. The number of piperazine rings is 1.